The zero-order valence-electron chi connectivity index (χ0n) is 12.5. The van der Waals surface area contributed by atoms with E-state index in [1.165, 1.54) is 5.56 Å². The van der Waals surface area contributed by atoms with E-state index in [4.69, 9.17) is 0 Å². The summed E-state index contributed by atoms with van der Waals surface area (Å²) >= 11 is 0. The molecule has 0 aliphatic rings. The summed E-state index contributed by atoms with van der Waals surface area (Å²) in [6.45, 7) is 7.27. The molecule has 1 unspecified atom stereocenters. The molecule has 4 heteroatoms. The first kappa shape index (κ1) is 15.5. The van der Waals surface area contributed by atoms with E-state index in [2.05, 4.69) is 65.7 Å². The fourth-order valence-electron chi connectivity index (χ4n) is 1.75. The first-order chi connectivity index (χ1) is 9.17. The summed E-state index contributed by atoms with van der Waals surface area (Å²) in [6, 6.07) is 10.6. The normalized spacial score (nSPS) is 13.4. The highest BCUT2D eigenvalue weighted by Crippen LogP contribution is 2.10. The number of likely N-dealkylation sites (N-methyl/N-ethyl adjacent to an activating group) is 1. The average Bonchev–Trinajstić information content (AvgIpc) is 2.46. The molecule has 0 radical (unpaired) electrons. The number of nitrogens with zero attached hydrogens (tertiary/aromatic N) is 2. The quantitative estimate of drug-likeness (QED) is 0.607. The summed E-state index contributed by atoms with van der Waals surface area (Å²) in [6.07, 6.45) is 0. The Balaban J connectivity index is 2.40. The van der Waals surface area contributed by atoms with Crippen molar-refractivity contribution in [2.75, 3.05) is 33.7 Å². The SMILES string of the molecule is CCN(C)CCNC(=NC)NC(C)c1ccccc1. The molecule has 19 heavy (non-hydrogen) atoms. The molecule has 1 aromatic carbocycles. The minimum atomic E-state index is 0.247. The molecule has 4 nitrogen and oxygen atoms in total. The van der Waals surface area contributed by atoms with Crippen LogP contribution in [0, 0.1) is 0 Å². The van der Waals surface area contributed by atoms with Crippen LogP contribution in [0.5, 0.6) is 0 Å². The van der Waals surface area contributed by atoms with Crippen molar-refractivity contribution < 1.29 is 0 Å². The van der Waals surface area contributed by atoms with Crippen molar-refractivity contribution >= 4 is 5.96 Å². The van der Waals surface area contributed by atoms with Crippen LogP contribution in [0.25, 0.3) is 0 Å². The third-order valence-electron chi connectivity index (χ3n) is 3.20. The number of aliphatic imine (C=N–C) groups is 1. The van der Waals surface area contributed by atoms with Gasteiger partial charge in [0.1, 0.15) is 0 Å². The van der Waals surface area contributed by atoms with Crippen LogP contribution >= 0.6 is 0 Å². The zero-order chi connectivity index (χ0) is 14.1. The molecular formula is C15H26N4. The monoisotopic (exact) mass is 262 g/mol. The van der Waals surface area contributed by atoms with Crippen LogP contribution in [0.4, 0.5) is 0 Å². The number of nitrogens with one attached hydrogen (secondary N) is 2. The Morgan fingerprint density at radius 3 is 2.58 bits per heavy atom. The lowest BCUT2D eigenvalue weighted by molar-refractivity contribution is 0.357. The Hall–Kier alpha value is -1.55. The minimum Gasteiger partial charge on any atom is -0.355 e. The second-order valence-electron chi connectivity index (χ2n) is 4.67. The molecule has 1 aromatic rings. The molecule has 0 saturated carbocycles. The van der Waals surface area contributed by atoms with Gasteiger partial charge in [-0.25, -0.2) is 0 Å². The second-order valence-corrected chi connectivity index (χ2v) is 4.67. The van der Waals surface area contributed by atoms with Crippen LogP contribution in [0.15, 0.2) is 35.3 Å². The van der Waals surface area contributed by atoms with Gasteiger partial charge in [0.2, 0.25) is 0 Å². The first-order valence-electron chi connectivity index (χ1n) is 6.88. The number of rotatable bonds is 6. The first-order valence-corrected chi connectivity index (χ1v) is 6.88. The van der Waals surface area contributed by atoms with Gasteiger partial charge in [0.05, 0.1) is 6.04 Å². The molecule has 1 rings (SSSR count). The Morgan fingerprint density at radius 2 is 2.00 bits per heavy atom. The predicted molar refractivity (Wildman–Crippen MR) is 82.5 cm³/mol. The molecule has 1 atom stereocenters. The molecule has 0 fully saturated rings. The summed E-state index contributed by atoms with van der Waals surface area (Å²) in [4.78, 5) is 6.52. The average molecular weight is 262 g/mol. The second kappa shape index (κ2) is 8.53. The van der Waals surface area contributed by atoms with Crippen molar-refractivity contribution in [3.63, 3.8) is 0 Å². The van der Waals surface area contributed by atoms with E-state index in [1.54, 1.807) is 7.05 Å². The molecule has 0 aliphatic heterocycles. The lowest BCUT2D eigenvalue weighted by atomic mass is 10.1. The van der Waals surface area contributed by atoms with Crippen molar-refractivity contribution in [2.24, 2.45) is 4.99 Å². The van der Waals surface area contributed by atoms with Crippen LogP contribution in [0.2, 0.25) is 0 Å². The zero-order valence-corrected chi connectivity index (χ0v) is 12.5. The van der Waals surface area contributed by atoms with Crippen molar-refractivity contribution in [3.8, 4) is 0 Å². The van der Waals surface area contributed by atoms with Gasteiger partial charge in [-0.1, -0.05) is 37.3 Å². The lowest BCUT2D eigenvalue weighted by Crippen LogP contribution is -2.41. The highest BCUT2D eigenvalue weighted by atomic mass is 15.2. The van der Waals surface area contributed by atoms with E-state index in [0.717, 1.165) is 25.6 Å². The maximum atomic E-state index is 4.25. The van der Waals surface area contributed by atoms with Crippen LogP contribution in [0.3, 0.4) is 0 Å². The van der Waals surface area contributed by atoms with E-state index in [1.807, 2.05) is 6.07 Å². The summed E-state index contributed by atoms with van der Waals surface area (Å²) in [7, 11) is 3.92. The fourth-order valence-corrected chi connectivity index (χ4v) is 1.75. The Bertz CT molecular complexity index is 375. The third kappa shape index (κ3) is 5.75. The van der Waals surface area contributed by atoms with E-state index >= 15 is 0 Å². The predicted octanol–water partition coefficient (Wildman–Crippen LogP) is 1.86. The summed E-state index contributed by atoms with van der Waals surface area (Å²) in [5.74, 6) is 0.848. The summed E-state index contributed by atoms with van der Waals surface area (Å²) in [5.41, 5.74) is 1.26. The number of guanidine groups is 1. The lowest BCUT2D eigenvalue weighted by Gasteiger charge is -2.20. The van der Waals surface area contributed by atoms with Gasteiger partial charge in [0.15, 0.2) is 5.96 Å². The fraction of sp³-hybridized carbons (Fsp3) is 0.533. The molecule has 0 bridgehead atoms. The van der Waals surface area contributed by atoms with Crippen molar-refractivity contribution in [1.29, 1.82) is 0 Å². The summed E-state index contributed by atoms with van der Waals surface area (Å²) < 4.78 is 0. The minimum absolute atomic E-state index is 0.247. The molecule has 0 spiro atoms. The van der Waals surface area contributed by atoms with E-state index in [-0.39, 0.29) is 6.04 Å². The summed E-state index contributed by atoms with van der Waals surface area (Å²) in [5, 5.41) is 6.73. The smallest absolute Gasteiger partial charge is 0.191 e. The molecule has 0 aromatic heterocycles. The molecule has 106 valence electrons. The van der Waals surface area contributed by atoms with E-state index in [9.17, 15) is 0 Å². The number of hydrogen-bond acceptors (Lipinski definition) is 2. The standard InChI is InChI=1S/C15H26N4/c1-5-19(4)12-11-17-15(16-3)18-13(2)14-9-7-6-8-10-14/h6-10,13H,5,11-12H2,1-4H3,(H2,16,17,18). The van der Waals surface area contributed by atoms with Crippen LogP contribution in [-0.4, -0.2) is 44.6 Å². The number of benzene rings is 1. The van der Waals surface area contributed by atoms with Crippen molar-refractivity contribution in [1.82, 2.24) is 15.5 Å². The Labute approximate surface area is 116 Å². The molecular weight excluding hydrogens is 236 g/mol. The van der Waals surface area contributed by atoms with Gasteiger partial charge in [-0.3, -0.25) is 4.99 Å². The molecule has 0 heterocycles. The van der Waals surface area contributed by atoms with Gasteiger partial charge in [-0.15, -0.1) is 0 Å². The van der Waals surface area contributed by atoms with Crippen LogP contribution in [-0.2, 0) is 0 Å². The molecule has 0 aliphatic carbocycles. The highest BCUT2D eigenvalue weighted by Gasteiger charge is 2.06. The van der Waals surface area contributed by atoms with Crippen molar-refractivity contribution in [3.05, 3.63) is 35.9 Å². The Kier molecular flexibility index (Phi) is 6.97. The van der Waals surface area contributed by atoms with Crippen LogP contribution < -0.4 is 10.6 Å². The van der Waals surface area contributed by atoms with Gasteiger partial charge in [0.25, 0.3) is 0 Å². The molecule has 0 saturated heterocycles. The van der Waals surface area contributed by atoms with Crippen molar-refractivity contribution in [2.45, 2.75) is 19.9 Å². The largest absolute Gasteiger partial charge is 0.355 e. The van der Waals surface area contributed by atoms with E-state index in [0.29, 0.717) is 0 Å². The van der Waals surface area contributed by atoms with Gasteiger partial charge in [0, 0.05) is 20.1 Å². The number of hydrogen-bond donors (Lipinski definition) is 2. The Morgan fingerprint density at radius 1 is 1.32 bits per heavy atom. The highest BCUT2D eigenvalue weighted by molar-refractivity contribution is 5.80. The topological polar surface area (TPSA) is 39.7 Å². The van der Waals surface area contributed by atoms with Gasteiger partial charge >= 0.3 is 0 Å². The maximum absolute atomic E-state index is 4.25. The maximum Gasteiger partial charge on any atom is 0.191 e. The molecule has 0 amide bonds. The van der Waals surface area contributed by atoms with E-state index < -0.39 is 0 Å². The van der Waals surface area contributed by atoms with Gasteiger partial charge < -0.3 is 15.5 Å². The third-order valence-corrected chi connectivity index (χ3v) is 3.20. The molecule has 2 N–H and O–H groups in total. The van der Waals surface area contributed by atoms with Gasteiger partial charge in [-0.2, -0.15) is 0 Å². The van der Waals surface area contributed by atoms with Crippen LogP contribution in [0.1, 0.15) is 25.5 Å². The van der Waals surface area contributed by atoms with Gasteiger partial charge in [-0.05, 0) is 26.1 Å².